The minimum Gasteiger partial charge on any atom is -0.497 e. The summed E-state index contributed by atoms with van der Waals surface area (Å²) in [6.07, 6.45) is 0.748. The largest absolute Gasteiger partial charge is 0.497 e. The predicted molar refractivity (Wildman–Crippen MR) is 72.8 cm³/mol. The van der Waals surface area contributed by atoms with Crippen LogP contribution in [0.1, 0.15) is 19.4 Å². The molecule has 0 saturated carbocycles. The average Bonchev–Trinajstić information content (AvgIpc) is 2.36. The van der Waals surface area contributed by atoms with E-state index < -0.39 is 0 Å². The minimum absolute atomic E-state index is 0.0154. The second kappa shape index (κ2) is 5.82. The van der Waals surface area contributed by atoms with Crippen LogP contribution in [0.25, 0.3) is 0 Å². The van der Waals surface area contributed by atoms with Crippen LogP contribution in [0, 0.1) is 0 Å². The van der Waals surface area contributed by atoms with Crippen LogP contribution in [0.3, 0.4) is 0 Å². The number of fused-ring (bicyclic) bond motifs is 1. The molecule has 1 atom stereocenters. The Balaban J connectivity index is 1.99. The zero-order chi connectivity index (χ0) is 13.8. The Morgan fingerprint density at radius 3 is 2.95 bits per heavy atom. The molecule has 0 fully saturated rings. The van der Waals surface area contributed by atoms with Gasteiger partial charge in [0, 0.05) is 6.04 Å². The normalized spacial score (nSPS) is 17.4. The van der Waals surface area contributed by atoms with Crippen LogP contribution in [0.5, 0.6) is 11.5 Å². The highest BCUT2D eigenvalue weighted by Gasteiger charge is 2.22. The van der Waals surface area contributed by atoms with Gasteiger partial charge >= 0.3 is 6.03 Å². The van der Waals surface area contributed by atoms with Gasteiger partial charge in [0.2, 0.25) is 0 Å². The number of hydrogen-bond donors (Lipinski definition) is 2. The zero-order valence-corrected chi connectivity index (χ0v) is 11.5. The molecule has 2 rings (SSSR count). The SMILES string of the molecule is COc1ccc2c(c1)CC(NC(=O)NC(C)C)CO2. The lowest BCUT2D eigenvalue weighted by molar-refractivity contribution is 0.212. The van der Waals surface area contributed by atoms with Crippen molar-refractivity contribution < 1.29 is 14.3 Å². The van der Waals surface area contributed by atoms with Crippen LogP contribution in [0.4, 0.5) is 4.79 Å². The van der Waals surface area contributed by atoms with Crippen LogP contribution in [0.15, 0.2) is 18.2 Å². The Kier molecular flexibility index (Phi) is 4.14. The van der Waals surface area contributed by atoms with E-state index in [1.807, 2.05) is 32.0 Å². The van der Waals surface area contributed by atoms with Crippen molar-refractivity contribution in [2.45, 2.75) is 32.4 Å². The third kappa shape index (κ3) is 3.53. The van der Waals surface area contributed by atoms with Crippen molar-refractivity contribution in [3.05, 3.63) is 23.8 Å². The van der Waals surface area contributed by atoms with Crippen molar-refractivity contribution in [1.82, 2.24) is 10.6 Å². The van der Waals surface area contributed by atoms with Crippen LogP contribution in [0.2, 0.25) is 0 Å². The smallest absolute Gasteiger partial charge is 0.315 e. The van der Waals surface area contributed by atoms with E-state index in [-0.39, 0.29) is 18.1 Å². The maximum atomic E-state index is 11.7. The van der Waals surface area contributed by atoms with E-state index >= 15 is 0 Å². The van der Waals surface area contributed by atoms with E-state index in [4.69, 9.17) is 9.47 Å². The van der Waals surface area contributed by atoms with Crippen molar-refractivity contribution in [3.63, 3.8) is 0 Å². The maximum absolute atomic E-state index is 11.7. The third-order valence-corrected chi connectivity index (χ3v) is 2.93. The van der Waals surface area contributed by atoms with Gasteiger partial charge in [-0.3, -0.25) is 0 Å². The predicted octanol–water partition coefficient (Wildman–Crippen LogP) is 1.71. The summed E-state index contributed by atoms with van der Waals surface area (Å²) in [5, 5.41) is 5.72. The van der Waals surface area contributed by atoms with Gasteiger partial charge in [0.1, 0.15) is 18.1 Å². The summed E-state index contributed by atoms with van der Waals surface area (Å²) in [5.41, 5.74) is 1.06. The summed E-state index contributed by atoms with van der Waals surface area (Å²) in [5.74, 6) is 1.66. The standard InChI is InChI=1S/C14H20N2O3/c1-9(2)15-14(17)16-11-6-10-7-12(18-3)4-5-13(10)19-8-11/h4-5,7,9,11H,6,8H2,1-3H3,(H2,15,16,17). The van der Waals surface area contributed by atoms with Crippen molar-refractivity contribution in [2.75, 3.05) is 13.7 Å². The molecule has 5 heteroatoms. The topological polar surface area (TPSA) is 59.6 Å². The minimum atomic E-state index is -0.157. The fraction of sp³-hybridized carbons (Fsp3) is 0.500. The lowest BCUT2D eigenvalue weighted by atomic mass is 10.0. The molecule has 1 aliphatic heterocycles. The first-order chi connectivity index (χ1) is 9.08. The number of nitrogens with one attached hydrogen (secondary N) is 2. The fourth-order valence-electron chi connectivity index (χ4n) is 2.08. The summed E-state index contributed by atoms with van der Waals surface area (Å²) in [4.78, 5) is 11.7. The Morgan fingerprint density at radius 1 is 1.47 bits per heavy atom. The molecule has 0 bridgehead atoms. The molecule has 1 heterocycles. The van der Waals surface area contributed by atoms with E-state index in [9.17, 15) is 4.79 Å². The highest BCUT2D eigenvalue weighted by Crippen LogP contribution is 2.28. The van der Waals surface area contributed by atoms with Gasteiger partial charge in [0.25, 0.3) is 0 Å². The molecule has 2 amide bonds. The number of rotatable bonds is 3. The number of benzene rings is 1. The Hall–Kier alpha value is -1.91. The first-order valence-electron chi connectivity index (χ1n) is 6.45. The molecule has 104 valence electrons. The van der Waals surface area contributed by atoms with Gasteiger partial charge in [-0.1, -0.05) is 0 Å². The highest BCUT2D eigenvalue weighted by atomic mass is 16.5. The molecule has 0 saturated heterocycles. The number of methoxy groups -OCH3 is 1. The molecule has 0 aliphatic carbocycles. The fourth-order valence-corrected chi connectivity index (χ4v) is 2.08. The second-order valence-electron chi connectivity index (χ2n) is 4.96. The van der Waals surface area contributed by atoms with E-state index in [2.05, 4.69) is 10.6 Å². The van der Waals surface area contributed by atoms with Crippen molar-refractivity contribution >= 4 is 6.03 Å². The zero-order valence-electron chi connectivity index (χ0n) is 11.5. The van der Waals surface area contributed by atoms with Crippen molar-refractivity contribution in [2.24, 2.45) is 0 Å². The first-order valence-corrected chi connectivity index (χ1v) is 6.45. The number of hydrogen-bond acceptors (Lipinski definition) is 3. The van der Waals surface area contributed by atoms with Crippen LogP contribution < -0.4 is 20.1 Å². The molecule has 19 heavy (non-hydrogen) atoms. The van der Waals surface area contributed by atoms with Crippen LogP contribution in [-0.2, 0) is 6.42 Å². The number of carbonyl (C=O) groups excluding carboxylic acids is 1. The second-order valence-corrected chi connectivity index (χ2v) is 4.96. The quantitative estimate of drug-likeness (QED) is 0.873. The summed E-state index contributed by atoms with van der Waals surface area (Å²) >= 11 is 0. The molecule has 0 spiro atoms. The molecule has 1 aliphatic rings. The lowest BCUT2D eigenvalue weighted by Gasteiger charge is -2.26. The van der Waals surface area contributed by atoms with Gasteiger partial charge < -0.3 is 20.1 Å². The maximum Gasteiger partial charge on any atom is 0.315 e. The van der Waals surface area contributed by atoms with E-state index in [1.54, 1.807) is 7.11 Å². The van der Waals surface area contributed by atoms with E-state index in [0.717, 1.165) is 23.5 Å². The van der Waals surface area contributed by atoms with Gasteiger partial charge in [-0.05, 0) is 44.0 Å². The molecular weight excluding hydrogens is 244 g/mol. The number of carbonyl (C=O) groups is 1. The molecule has 5 nitrogen and oxygen atoms in total. The lowest BCUT2D eigenvalue weighted by Crippen LogP contribution is -2.48. The Bertz CT molecular complexity index is 460. The van der Waals surface area contributed by atoms with Crippen LogP contribution in [-0.4, -0.2) is 31.8 Å². The molecule has 1 aromatic carbocycles. The molecule has 0 aromatic heterocycles. The van der Waals surface area contributed by atoms with Gasteiger partial charge in [0.15, 0.2) is 0 Å². The summed E-state index contributed by atoms with van der Waals surface area (Å²) < 4.78 is 10.8. The third-order valence-electron chi connectivity index (χ3n) is 2.93. The van der Waals surface area contributed by atoms with Gasteiger partial charge in [-0.25, -0.2) is 4.79 Å². The number of amides is 2. The average molecular weight is 264 g/mol. The van der Waals surface area contributed by atoms with E-state index in [1.165, 1.54) is 0 Å². The van der Waals surface area contributed by atoms with Crippen molar-refractivity contribution in [1.29, 1.82) is 0 Å². The molecule has 2 N–H and O–H groups in total. The Morgan fingerprint density at radius 2 is 2.26 bits per heavy atom. The molecular formula is C14H20N2O3. The Labute approximate surface area is 113 Å². The first kappa shape index (κ1) is 13.5. The van der Waals surface area contributed by atoms with Crippen LogP contribution >= 0.6 is 0 Å². The molecule has 1 unspecified atom stereocenters. The molecule has 0 radical (unpaired) electrons. The number of ether oxygens (including phenoxy) is 2. The molecule has 1 aromatic rings. The number of urea groups is 1. The highest BCUT2D eigenvalue weighted by molar-refractivity contribution is 5.74. The summed E-state index contributed by atoms with van der Waals surface area (Å²) in [7, 11) is 1.64. The van der Waals surface area contributed by atoms with E-state index in [0.29, 0.717) is 6.61 Å². The summed E-state index contributed by atoms with van der Waals surface area (Å²) in [6, 6.07) is 5.67. The van der Waals surface area contributed by atoms with Gasteiger partial charge in [-0.15, -0.1) is 0 Å². The summed E-state index contributed by atoms with van der Waals surface area (Å²) in [6.45, 7) is 4.35. The monoisotopic (exact) mass is 264 g/mol. The van der Waals surface area contributed by atoms with Crippen molar-refractivity contribution in [3.8, 4) is 11.5 Å². The van der Waals surface area contributed by atoms with Gasteiger partial charge in [0.05, 0.1) is 13.2 Å². The van der Waals surface area contributed by atoms with Gasteiger partial charge in [-0.2, -0.15) is 0 Å².